The summed E-state index contributed by atoms with van der Waals surface area (Å²) in [6, 6.07) is 15.3. The number of carbonyl (C=O) groups is 3. The van der Waals surface area contributed by atoms with Crippen molar-refractivity contribution in [2.24, 2.45) is 34.5 Å². The topological polar surface area (TPSA) is 211 Å². The predicted molar refractivity (Wildman–Crippen MR) is 288 cm³/mol. The highest BCUT2D eigenvalue weighted by Gasteiger charge is 2.76. The number of Topliss-reactive ketones (excluding diaryl/α,β-unsaturated/α-hetero) is 1. The van der Waals surface area contributed by atoms with E-state index in [1.54, 1.807) is 31.3 Å². The molecule has 1 saturated heterocycles. The Hall–Kier alpha value is -3.80. The number of aliphatic hydroxyl groups is 2. The van der Waals surface area contributed by atoms with Gasteiger partial charge in [0.25, 0.3) is 0 Å². The Morgan fingerprint density at radius 1 is 0.974 bits per heavy atom. The van der Waals surface area contributed by atoms with Gasteiger partial charge < -0.3 is 48.4 Å². The fourth-order valence-corrected chi connectivity index (χ4v) is 14.6. The van der Waals surface area contributed by atoms with E-state index in [1.165, 1.54) is 16.5 Å². The van der Waals surface area contributed by atoms with E-state index >= 15 is 4.79 Å². The quantitative estimate of drug-likeness (QED) is 0.0340. The maximum atomic E-state index is 15.0. The van der Waals surface area contributed by atoms with E-state index in [1.807, 2.05) is 26.2 Å². The third kappa shape index (κ3) is 13.4. The number of carbonyl (C=O) groups excluding carboxylic acids is 3. The van der Waals surface area contributed by atoms with Crippen LogP contribution in [0, 0.1) is 34.5 Å². The van der Waals surface area contributed by atoms with E-state index in [-0.39, 0.29) is 58.6 Å². The molecule has 5 aliphatic carbocycles. The van der Waals surface area contributed by atoms with Crippen LogP contribution in [0.15, 0.2) is 72.3 Å². The molecule has 76 heavy (non-hydrogen) atoms. The number of amides is 1. The molecule has 0 aromatic heterocycles. The standard InChI is InChI=1S/C59H86N3O13P/c1-57-28-27-46(63)35-45(57)24-25-47-48-36-53-59(58(48,2)37-49(64)54(47)57,74-55(73-53)42-21-12-9-13-22-42)52(66)40-72-56(67)61(3)30-31-62(4,5)39-44-34-43(23-26-51(44)75-76(68,69)70)50(65)38-60-29-15-6-7-16-32-71-33-17-14-20-41-18-10-8-11-19-41/h8,10-11,18-19,23,26-28,34-35,42,47-50,53-55,60,64-65H,6-7,9,12-17,20-22,24-25,29-33,36-40H2,1-5H3,(H-,68,69,70)/p+1/t47-,48-,49-,50?,53+,54+,55+,57-,58-,59+/m0/s1. The van der Waals surface area contributed by atoms with Gasteiger partial charge in [-0.05, 0) is 124 Å². The van der Waals surface area contributed by atoms with Gasteiger partial charge in [-0.2, -0.15) is 0 Å². The second-order valence-corrected chi connectivity index (χ2v) is 25.2. The average Bonchev–Trinajstić information content (AvgIpc) is 3.98. The summed E-state index contributed by atoms with van der Waals surface area (Å²) in [4.78, 5) is 62.2. The normalized spacial score (nSPS) is 29.7. The Morgan fingerprint density at radius 3 is 2.46 bits per heavy atom. The van der Waals surface area contributed by atoms with Crippen molar-refractivity contribution in [3.63, 3.8) is 0 Å². The Balaban J connectivity index is 0.826. The van der Waals surface area contributed by atoms with Crippen LogP contribution in [0.25, 0.3) is 0 Å². The number of hydrogen-bond acceptors (Lipinski definition) is 12. The zero-order valence-electron chi connectivity index (χ0n) is 45.7. The molecule has 5 N–H and O–H groups in total. The van der Waals surface area contributed by atoms with Crippen molar-refractivity contribution < 1.29 is 66.9 Å². The number of quaternary nitrogens is 1. The minimum Gasteiger partial charge on any atom is -0.441 e. The van der Waals surface area contributed by atoms with Crippen LogP contribution in [-0.4, -0.2) is 138 Å². The molecule has 1 unspecified atom stereocenters. The lowest BCUT2D eigenvalue weighted by Crippen LogP contribution is -2.64. The highest BCUT2D eigenvalue weighted by Crippen LogP contribution is 2.70. The van der Waals surface area contributed by atoms with Crippen LogP contribution in [0.1, 0.15) is 133 Å². The first-order chi connectivity index (χ1) is 36.2. The van der Waals surface area contributed by atoms with Gasteiger partial charge in [-0.15, -0.1) is 0 Å². The fourth-order valence-electron chi connectivity index (χ4n) is 14.2. The maximum Gasteiger partial charge on any atom is 0.524 e. The van der Waals surface area contributed by atoms with Gasteiger partial charge in [-0.1, -0.05) is 94.0 Å². The number of ketones is 2. The molecule has 2 aromatic carbocycles. The number of likely N-dealkylation sites (N-methyl/N-ethyl adjacent to an activating group) is 2. The number of rotatable bonds is 26. The van der Waals surface area contributed by atoms with Crippen molar-refractivity contribution in [1.29, 1.82) is 0 Å². The number of allylic oxidation sites excluding steroid dienone is 4. The molecular formula is C59H87N3O13P+. The van der Waals surface area contributed by atoms with E-state index in [4.69, 9.17) is 23.5 Å². The maximum absolute atomic E-state index is 15.0. The number of phosphoric ester groups is 1. The molecular weight excluding hydrogens is 990 g/mol. The molecule has 1 aliphatic heterocycles. The molecule has 1 heterocycles. The SMILES string of the molecule is CN(CC[N+](C)(C)Cc1cc(C(O)CNCCCCCCOCCCCc2ccccc2)ccc1OP(=O)(O)O)C(=O)OCC(=O)[C@@]12O[C@H](C3CCCCC3)O[C@@H]1C[C@H]1[C@@H]3CCC4=CC(=O)C=C[C@]4(C)[C@H]3[C@@H](O)C[C@@]12C. The van der Waals surface area contributed by atoms with Gasteiger partial charge in [0, 0.05) is 55.0 Å². The number of unbranched alkanes of at least 4 members (excludes halogenated alkanes) is 4. The number of hydrogen-bond donors (Lipinski definition) is 5. The first-order valence-electron chi connectivity index (χ1n) is 28.3. The molecule has 5 fully saturated rings. The Morgan fingerprint density at radius 2 is 1.71 bits per heavy atom. The van der Waals surface area contributed by atoms with Gasteiger partial charge in [0.15, 0.2) is 24.3 Å². The summed E-state index contributed by atoms with van der Waals surface area (Å²) in [5.41, 5.74) is 0.747. The average molecular weight is 1080 g/mol. The number of benzene rings is 2. The molecule has 1 amide bonds. The lowest BCUT2D eigenvalue weighted by atomic mass is 9.46. The van der Waals surface area contributed by atoms with Crippen LogP contribution in [-0.2, 0) is 46.1 Å². The van der Waals surface area contributed by atoms with E-state index in [0.717, 1.165) is 115 Å². The first kappa shape index (κ1) is 58.4. The lowest BCUT2D eigenvalue weighted by molar-refractivity contribution is -0.903. The summed E-state index contributed by atoms with van der Waals surface area (Å²) in [5, 5.41) is 26.8. The van der Waals surface area contributed by atoms with Gasteiger partial charge in [0.05, 0.1) is 45.5 Å². The number of aliphatic hydroxyl groups excluding tert-OH is 2. The van der Waals surface area contributed by atoms with Crippen LogP contribution in [0.3, 0.4) is 0 Å². The smallest absolute Gasteiger partial charge is 0.441 e. The highest BCUT2D eigenvalue weighted by molar-refractivity contribution is 7.46. The van der Waals surface area contributed by atoms with Crippen LogP contribution >= 0.6 is 7.82 Å². The minimum atomic E-state index is -4.92. The van der Waals surface area contributed by atoms with Gasteiger partial charge in [-0.3, -0.25) is 19.4 Å². The van der Waals surface area contributed by atoms with Crippen LogP contribution in [0.4, 0.5) is 4.79 Å². The van der Waals surface area contributed by atoms with E-state index < -0.39 is 61.6 Å². The van der Waals surface area contributed by atoms with E-state index in [9.17, 15) is 34.2 Å². The molecule has 420 valence electrons. The number of nitrogens with zero attached hydrogens (tertiary/aromatic N) is 2. The fraction of sp³-hybridized carbons (Fsp3) is 0.678. The minimum absolute atomic E-state index is 0.00200. The number of aryl methyl sites for hydroxylation is 1. The lowest BCUT2D eigenvalue weighted by Gasteiger charge is -2.59. The van der Waals surface area contributed by atoms with Crippen molar-refractivity contribution in [2.75, 3.05) is 67.1 Å². The number of nitrogens with one attached hydrogen (secondary N) is 1. The molecule has 0 bridgehead atoms. The van der Waals surface area contributed by atoms with Gasteiger partial charge in [0.2, 0.25) is 5.78 Å². The van der Waals surface area contributed by atoms with Crippen LogP contribution < -0.4 is 9.84 Å². The third-order valence-electron chi connectivity index (χ3n) is 18.2. The predicted octanol–water partition coefficient (Wildman–Crippen LogP) is 8.54. The monoisotopic (exact) mass is 1080 g/mol. The Labute approximate surface area is 450 Å². The first-order valence-corrected chi connectivity index (χ1v) is 29.8. The molecule has 0 radical (unpaired) electrons. The summed E-state index contributed by atoms with van der Waals surface area (Å²) >= 11 is 0. The number of fused-ring (bicyclic) bond motifs is 7. The van der Waals surface area contributed by atoms with Crippen molar-refractivity contribution in [3.8, 4) is 5.75 Å². The molecule has 0 spiro atoms. The number of phosphoric acid groups is 1. The summed E-state index contributed by atoms with van der Waals surface area (Å²) in [6.07, 6.45) is 16.7. The molecule has 8 rings (SSSR count). The summed E-state index contributed by atoms with van der Waals surface area (Å²) in [5.74, 6) is -0.342. The Bertz CT molecular complexity index is 2420. The zero-order valence-corrected chi connectivity index (χ0v) is 46.6. The zero-order chi connectivity index (χ0) is 54.3. The summed E-state index contributed by atoms with van der Waals surface area (Å²) in [6.45, 7) is 7.08. The van der Waals surface area contributed by atoms with Crippen molar-refractivity contribution in [3.05, 3.63) is 89.0 Å². The largest absolute Gasteiger partial charge is 0.524 e. The molecule has 4 saturated carbocycles. The van der Waals surface area contributed by atoms with Crippen LogP contribution in [0.2, 0.25) is 0 Å². The third-order valence-corrected chi connectivity index (χ3v) is 18.7. The van der Waals surface area contributed by atoms with E-state index in [2.05, 4.69) is 43.4 Å². The van der Waals surface area contributed by atoms with E-state index in [0.29, 0.717) is 37.1 Å². The molecule has 10 atom stereocenters. The van der Waals surface area contributed by atoms with Crippen molar-refractivity contribution in [1.82, 2.24) is 10.2 Å². The van der Waals surface area contributed by atoms with Gasteiger partial charge in [-0.25, -0.2) is 9.36 Å². The molecule has 6 aliphatic rings. The second kappa shape index (κ2) is 25.1. The van der Waals surface area contributed by atoms with Crippen molar-refractivity contribution in [2.45, 2.75) is 153 Å². The summed E-state index contributed by atoms with van der Waals surface area (Å²) in [7, 11) is 0.516. The highest BCUT2D eigenvalue weighted by atomic mass is 31.2. The second-order valence-electron chi connectivity index (χ2n) is 24.0. The van der Waals surface area contributed by atoms with Crippen molar-refractivity contribution >= 4 is 25.5 Å². The van der Waals surface area contributed by atoms with Gasteiger partial charge >= 0.3 is 13.9 Å². The Kier molecular flexibility index (Phi) is 19.3. The molecule has 16 nitrogen and oxygen atoms in total. The molecule has 17 heteroatoms. The number of ether oxygens (including phenoxy) is 4. The van der Waals surface area contributed by atoms with Crippen LogP contribution in [0.5, 0.6) is 5.75 Å². The summed E-state index contributed by atoms with van der Waals surface area (Å²) < 4.78 is 43.0. The molecule has 2 aromatic rings. The van der Waals surface area contributed by atoms with Gasteiger partial charge in [0.1, 0.15) is 12.3 Å².